The van der Waals surface area contributed by atoms with Gasteiger partial charge in [0.1, 0.15) is 36.4 Å². The first kappa shape index (κ1) is 57.4. The summed E-state index contributed by atoms with van der Waals surface area (Å²) >= 11 is 0. The summed E-state index contributed by atoms with van der Waals surface area (Å²) in [7, 11) is 0. The van der Waals surface area contributed by atoms with Gasteiger partial charge in [0.15, 0.2) is 0 Å². The molecule has 0 aliphatic rings. The Hall–Kier alpha value is -7.20. The summed E-state index contributed by atoms with van der Waals surface area (Å²) in [6.07, 6.45) is -12.9. The van der Waals surface area contributed by atoms with Crippen LogP contribution in [-0.2, 0) is 44.4 Å². The number of carbonyl (C=O) groups excluding carboxylic acids is 6. The summed E-state index contributed by atoms with van der Waals surface area (Å²) in [6.45, 7) is 9.14. The lowest BCUT2D eigenvalue weighted by Crippen LogP contribution is -2.62. The molecule has 0 fully saturated rings. The summed E-state index contributed by atoms with van der Waals surface area (Å²) < 4.78 is 77.9. The third-order valence-electron chi connectivity index (χ3n) is 11.3. The Bertz CT molecular complexity index is 2260. The van der Waals surface area contributed by atoms with Crippen molar-refractivity contribution >= 4 is 47.1 Å². The van der Waals surface area contributed by atoms with Crippen molar-refractivity contribution in [1.82, 2.24) is 31.9 Å². The van der Waals surface area contributed by atoms with E-state index in [2.05, 4.69) is 42.5 Å². The van der Waals surface area contributed by atoms with Gasteiger partial charge in [-0.2, -0.15) is 26.3 Å². The van der Waals surface area contributed by atoms with Crippen molar-refractivity contribution in [3.8, 4) is 0 Å². The van der Waals surface area contributed by atoms with E-state index < -0.39 is 119 Å². The van der Waals surface area contributed by atoms with Gasteiger partial charge in [-0.15, -0.1) is 0 Å². The molecule has 0 heterocycles. The standard InChI is InChI=1S/C50H60F6N8O8/c1-27(2)39(63-43(67)29(5)57-47(71)59-35-21-17-33(18-22-35)49(51,52)53)45(69)61-37(25-31-13-9-7-10-14-31)41(65)42(66)38(26-32-15-11-8-12-16-32)62-46(70)40(28(3)4)64-44(68)30(6)58-48(72)60-36-23-19-34(20-24-36)50(54,55)56/h7-24,27-30,37-42,65-66H,25-26H2,1-6H3,(H,61,69)(H,62,70)(H,63,67)(H,64,68)(H2,57,59,71)(H2,58,60,72)/t29-,30-,37-,38-,39-,40-,41?,42?/m0/s1. The molecule has 16 nitrogen and oxygen atoms in total. The van der Waals surface area contributed by atoms with Crippen LogP contribution in [0.3, 0.4) is 0 Å². The smallest absolute Gasteiger partial charge is 0.388 e. The summed E-state index contributed by atoms with van der Waals surface area (Å²) in [5, 5.41) is 44.2. The number of carbonyl (C=O) groups is 6. The van der Waals surface area contributed by atoms with Crippen molar-refractivity contribution in [2.24, 2.45) is 11.8 Å². The maximum atomic E-state index is 14.1. The molecule has 0 saturated carbocycles. The van der Waals surface area contributed by atoms with Gasteiger partial charge in [-0.25, -0.2) is 9.59 Å². The van der Waals surface area contributed by atoms with E-state index in [1.807, 2.05) is 0 Å². The van der Waals surface area contributed by atoms with Crippen LogP contribution in [0.4, 0.5) is 47.3 Å². The number of aliphatic hydroxyl groups is 2. The minimum atomic E-state index is -4.59. The largest absolute Gasteiger partial charge is 0.416 e. The van der Waals surface area contributed by atoms with Crippen molar-refractivity contribution in [3.05, 3.63) is 131 Å². The quantitative estimate of drug-likeness (QED) is 0.0450. The molecule has 4 aromatic carbocycles. The summed E-state index contributed by atoms with van der Waals surface area (Å²) in [5.74, 6) is -4.35. The predicted octanol–water partition coefficient (Wildman–Crippen LogP) is 5.90. The number of hydrogen-bond donors (Lipinski definition) is 10. The lowest BCUT2D eigenvalue weighted by atomic mass is 9.90. The Morgan fingerprint density at radius 3 is 1.01 bits per heavy atom. The highest BCUT2D eigenvalue weighted by atomic mass is 19.4. The second kappa shape index (κ2) is 25.8. The maximum absolute atomic E-state index is 14.1. The SMILES string of the molecule is CC(C)[C@H](NC(=O)[C@H](C)NC(=O)Nc1ccc(C(F)(F)F)cc1)C(=O)N[C@@H](Cc1ccccc1)C(O)C(O)[C@H](Cc1ccccc1)NC(=O)[C@@H](NC(=O)[C@H](C)NC(=O)Nc1ccc(C(F)(F)F)cc1)C(C)C. The Balaban J connectivity index is 1.49. The molecule has 390 valence electrons. The van der Waals surface area contributed by atoms with E-state index in [4.69, 9.17) is 0 Å². The van der Waals surface area contributed by atoms with Crippen molar-refractivity contribution in [2.75, 3.05) is 10.6 Å². The molecule has 4 rings (SSSR count). The van der Waals surface area contributed by atoms with Gasteiger partial charge in [0.25, 0.3) is 0 Å². The average Bonchev–Trinajstić information content (AvgIpc) is 3.31. The van der Waals surface area contributed by atoms with E-state index in [9.17, 15) is 65.3 Å². The summed E-state index contributed by atoms with van der Waals surface area (Å²) in [5.41, 5.74) is -0.580. The van der Waals surface area contributed by atoms with Gasteiger partial charge >= 0.3 is 24.4 Å². The van der Waals surface area contributed by atoms with Crippen LogP contribution in [0, 0.1) is 11.8 Å². The Labute approximate surface area is 412 Å². The number of halogens is 6. The lowest BCUT2D eigenvalue weighted by Gasteiger charge is -2.35. The third-order valence-corrected chi connectivity index (χ3v) is 11.3. The van der Waals surface area contributed by atoms with Gasteiger partial charge < -0.3 is 52.7 Å². The molecule has 10 N–H and O–H groups in total. The number of hydrogen-bond acceptors (Lipinski definition) is 8. The lowest BCUT2D eigenvalue weighted by molar-refractivity contribution is -0.138. The molecule has 0 aliphatic carbocycles. The molecular formula is C50H60F6N8O8. The topological polar surface area (TPSA) is 239 Å². The van der Waals surface area contributed by atoms with Crippen LogP contribution in [0.25, 0.3) is 0 Å². The van der Waals surface area contributed by atoms with Crippen molar-refractivity contribution in [3.63, 3.8) is 0 Å². The second-order valence-corrected chi connectivity index (χ2v) is 17.8. The zero-order valence-corrected chi connectivity index (χ0v) is 40.2. The van der Waals surface area contributed by atoms with Crippen LogP contribution in [0.1, 0.15) is 63.8 Å². The van der Waals surface area contributed by atoms with Gasteiger partial charge in [0.05, 0.1) is 23.2 Å². The molecule has 22 heteroatoms. The Morgan fingerprint density at radius 2 is 0.736 bits per heavy atom. The highest BCUT2D eigenvalue weighted by Crippen LogP contribution is 2.31. The molecule has 8 amide bonds. The van der Waals surface area contributed by atoms with Crippen LogP contribution in [-0.4, -0.2) is 94.4 Å². The van der Waals surface area contributed by atoms with Crippen LogP contribution >= 0.6 is 0 Å². The molecule has 0 saturated heterocycles. The van der Waals surface area contributed by atoms with E-state index in [-0.39, 0.29) is 24.2 Å². The fourth-order valence-corrected chi connectivity index (χ4v) is 7.24. The molecule has 0 spiro atoms. The van der Waals surface area contributed by atoms with Gasteiger partial charge in [-0.3, -0.25) is 19.2 Å². The molecule has 0 aromatic heterocycles. The molecule has 72 heavy (non-hydrogen) atoms. The normalized spacial score (nSPS) is 15.1. The molecule has 4 aromatic rings. The van der Waals surface area contributed by atoms with Crippen LogP contribution in [0.2, 0.25) is 0 Å². The number of anilines is 2. The minimum Gasteiger partial charge on any atom is -0.388 e. The molecular weight excluding hydrogens is 955 g/mol. The summed E-state index contributed by atoms with van der Waals surface area (Å²) in [4.78, 5) is 80.4. The molecule has 0 aliphatic heterocycles. The van der Waals surface area contributed by atoms with Crippen LogP contribution in [0.15, 0.2) is 109 Å². The molecule has 0 bridgehead atoms. The van der Waals surface area contributed by atoms with Crippen LogP contribution < -0.4 is 42.5 Å². The molecule has 8 atom stereocenters. The van der Waals surface area contributed by atoms with E-state index in [0.29, 0.717) is 11.1 Å². The van der Waals surface area contributed by atoms with Gasteiger partial charge in [-0.1, -0.05) is 88.4 Å². The van der Waals surface area contributed by atoms with E-state index in [1.165, 1.54) is 13.8 Å². The first-order valence-corrected chi connectivity index (χ1v) is 22.9. The number of rotatable bonds is 21. The Kier molecular flexibility index (Phi) is 20.5. The summed E-state index contributed by atoms with van der Waals surface area (Å²) in [6, 6.07) is 15.1. The number of amides is 8. The van der Waals surface area contributed by atoms with Gasteiger partial charge in [0.2, 0.25) is 23.6 Å². The first-order valence-electron chi connectivity index (χ1n) is 22.9. The van der Waals surface area contributed by atoms with Gasteiger partial charge in [0, 0.05) is 11.4 Å². The van der Waals surface area contributed by atoms with Crippen molar-refractivity contribution in [1.29, 1.82) is 0 Å². The minimum absolute atomic E-state index is 0.0149. The third kappa shape index (κ3) is 17.6. The van der Waals surface area contributed by atoms with Crippen molar-refractivity contribution in [2.45, 2.75) is 115 Å². The molecule has 0 radical (unpaired) electrons. The van der Waals surface area contributed by atoms with Crippen molar-refractivity contribution < 1.29 is 65.3 Å². The second-order valence-electron chi connectivity index (χ2n) is 17.8. The van der Waals surface area contributed by atoms with E-state index in [0.717, 1.165) is 48.5 Å². The first-order chi connectivity index (χ1) is 33.7. The zero-order chi connectivity index (χ0) is 53.5. The highest BCUT2D eigenvalue weighted by molar-refractivity contribution is 5.96. The highest BCUT2D eigenvalue weighted by Gasteiger charge is 2.38. The average molecular weight is 1020 g/mol. The number of aliphatic hydroxyl groups excluding tert-OH is 2. The fraction of sp³-hybridized carbons (Fsp3) is 0.400. The maximum Gasteiger partial charge on any atom is 0.416 e. The van der Waals surface area contributed by atoms with Gasteiger partial charge in [-0.05, 0) is 98.2 Å². The number of benzene rings is 4. The van der Waals surface area contributed by atoms with E-state index in [1.54, 1.807) is 88.4 Å². The Morgan fingerprint density at radius 1 is 0.431 bits per heavy atom. The van der Waals surface area contributed by atoms with Crippen LogP contribution in [0.5, 0.6) is 0 Å². The fourth-order valence-electron chi connectivity index (χ4n) is 7.24. The zero-order valence-electron chi connectivity index (χ0n) is 40.2. The number of nitrogens with one attached hydrogen (secondary N) is 8. The predicted molar refractivity (Wildman–Crippen MR) is 256 cm³/mol. The van der Waals surface area contributed by atoms with E-state index >= 15 is 0 Å². The number of alkyl halides is 6. The number of urea groups is 2. The molecule has 2 unspecified atom stereocenters. The monoisotopic (exact) mass is 1010 g/mol.